The summed E-state index contributed by atoms with van der Waals surface area (Å²) in [5.41, 5.74) is 0. The molecule has 0 aromatic heterocycles. The fourth-order valence-electron chi connectivity index (χ4n) is 5.47. The van der Waals surface area contributed by atoms with Crippen molar-refractivity contribution in [2.24, 2.45) is 0 Å². The minimum Gasteiger partial charge on any atom is -0.462 e. The summed E-state index contributed by atoms with van der Waals surface area (Å²) in [6.45, 7) is 2.01. The number of phosphoric ester groups is 1. The van der Waals surface area contributed by atoms with Crippen LogP contribution >= 0.6 is 7.82 Å². The van der Waals surface area contributed by atoms with Crippen LogP contribution in [-0.2, 0) is 32.7 Å². The molecule has 59 heavy (non-hydrogen) atoms. The zero-order chi connectivity index (χ0) is 43.7. The van der Waals surface area contributed by atoms with Crippen LogP contribution < -0.4 is 0 Å². The number of carbonyl (C=O) groups is 2. The van der Waals surface area contributed by atoms with Gasteiger partial charge in [0.05, 0.1) is 32.0 Å². The predicted molar refractivity (Wildman–Crippen MR) is 235 cm³/mol. The van der Waals surface area contributed by atoms with E-state index in [1.54, 1.807) is 0 Å². The summed E-state index contributed by atoms with van der Waals surface area (Å²) < 4.78 is 32.5. The van der Waals surface area contributed by atoms with Crippen LogP contribution in [0.2, 0.25) is 0 Å². The minimum absolute atomic E-state index is 0.0661. The molecule has 0 amide bonds. The zero-order valence-electron chi connectivity index (χ0n) is 36.2. The second-order valence-corrected chi connectivity index (χ2v) is 16.1. The number of hydrogen-bond acceptors (Lipinski definition) is 11. The van der Waals surface area contributed by atoms with Crippen molar-refractivity contribution in [3.8, 4) is 0 Å². The van der Waals surface area contributed by atoms with Crippen LogP contribution in [0.4, 0.5) is 0 Å². The molecule has 0 fully saturated rings. The largest absolute Gasteiger partial charge is 0.472 e. The molecule has 340 valence electrons. The van der Waals surface area contributed by atoms with Crippen molar-refractivity contribution in [2.45, 2.75) is 180 Å². The van der Waals surface area contributed by atoms with Crippen molar-refractivity contribution in [3.05, 3.63) is 72.9 Å². The van der Waals surface area contributed by atoms with Crippen LogP contribution in [0, 0.1) is 0 Å². The first-order chi connectivity index (χ1) is 28.5. The Kier molecular flexibility index (Phi) is 38.9. The van der Waals surface area contributed by atoms with Crippen LogP contribution in [-0.4, -0.2) is 88.1 Å². The summed E-state index contributed by atoms with van der Waals surface area (Å²) in [7, 11) is -4.68. The summed E-state index contributed by atoms with van der Waals surface area (Å²) >= 11 is 0. The van der Waals surface area contributed by atoms with Crippen molar-refractivity contribution in [3.63, 3.8) is 0 Å². The summed E-state index contributed by atoms with van der Waals surface area (Å²) in [4.78, 5) is 35.0. The molecule has 1 unspecified atom stereocenters. The predicted octanol–water partition coefficient (Wildman–Crippen LogP) is 9.61. The van der Waals surface area contributed by atoms with Crippen LogP contribution in [0.15, 0.2) is 72.9 Å². The number of allylic oxidation sites excluding steroid dienone is 11. The Morgan fingerprint density at radius 2 is 1.07 bits per heavy atom. The number of esters is 2. The van der Waals surface area contributed by atoms with E-state index < -0.39 is 70.6 Å². The summed E-state index contributed by atoms with van der Waals surface area (Å²) in [5, 5.41) is 38.8. The maximum atomic E-state index is 12.6. The number of phosphoric acid groups is 1. The number of aliphatic hydroxyl groups excluding tert-OH is 4. The van der Waals surface area contributed by atoms with E-state index in [0.29, 0.717) is 25.7 Å². The van der Waals surface area contributed by atoms with Gasteiger partial charge in [-0.1, -0.05) is 138 Å². The Labute approximate surface area is 355 Å². The average molecular weight is 855 g/mol. The lowest BCUT2D eigenvalue weighted by Gasteiger charge is -2.20. The summed E-state index contributed by atoms with van der Waals surface area (Å²) in [6.07, 6.45) is 39.0. The second-order valence-electron chi connectivity index (χ2n) is 14.7. The van der Waals surface area contributed by atoms with E-state index in [4.69, 9.17) is 19.1 Å². The fourth-order valence-corrected chi connectivity index (χ4v) is 6.26. The molecule has 0 aliphatic rings. The van der Waals surface area contributed by atoms with Gasteiger partial charge in [-0.15, -0.1) is 0 Å². The van der Waals surface area contributed by atoms with Crippen molar-refractivity contribution >= 4 is 19.8 Å². The van der Waals surface area contributed by atoms with Gasteiger partial charge in [0.1, 0.15) is 12.7 Å². The van der Waals surface area contributed by atoms with Gasteiger partial charge in [0, 0.05) is 12.8 Å². The highest BCUT2D eigenvalue weighted by atomic mass is 31.2. The number of rotatable bonds is 40. The van der Waals surface area contributed by atoms with Gasteiger partial charge in [0.15, 0.2) is 6.10 Å². The highest BCUT2D eigenvalue weighted by Crippen LogP contribution is 2.43. The Balaban J connectivity index is 4.54. The van der Waals surface area contributed by atoms with Gasteiger partial charge in [-0.25, -0.2) is 4.57 Å². The number of ether oxygens (including phenoxy) is 2. The Bertz CT molecular complexity index is 1240. The van der Waals surface area contributed by atoms with Gasteiger partial charge < -0.3 is 34.8 Å². The van der Waals surface area contributed by atoms with Gasteiger partial charge in [-0.3, -0.25) is 18.6 Å². The lowest BCUT2D eigenvalue weighted by molar-refractivity contribution is -0.161. The second kappa shape index (κ2) is 40.7. The molecule has 0 saturated carbocycles. The molecule has 0 heterocycles. The average Bonchev–Trinajstić information content (AvgIpc) is 3.22. The standard InChI is InChI=1S/C46H79O12P/c1-3-5-7-9-11-12-13-14-15-16-17-18-19-20-21-22-23-27-31-35-45(51)55-39-42(40-57-59(53,54)56-38-41(48)37-47)58-46(52)36-32-28-24-26-30-34-44(50)43(49)33-29-25-10-8-6-4-2/h11-12,14-15,17-18,20-21,23,25,27,29,41-44,47-50H,3-10,13,16,19,22,24,26,28,30-40H2,1-2H3,(H,53,54)/b12-11-,15-14-,18-17-,21-20-,27-23-,29-25-/t41-,42+,43-,44-/m0/s1. The summed E-state index contributed by atoms with van der Waals surface area (Å²) in [5.74, 6) is -1.14. The maximum absolute atomic E-state index is 12.6. The van der Waals surface area contributed by atoms with E-state index in [-0.39, 0.29) is 12.8 Å². The first kappa shape index (κ1) is 56.3. The van der Waals surface area contributed by atoms with Crippen molar-refractivity contribution in [1.82, 2.24) is 0 Å². The molecule has 5 N–H and O–H groups in total. The molecule has 0 saturated heterocycles. The third-order valence-corrected chi connectivity index (χ3v) is 10.00. The lowest BCUT2D eigenvalue weighted by Crippen LogP contribution is -2.29. The molecule has 0 radical (unpaired) electrons. The maximum Gasteiger partial charge on any atom is 0.472 e. The van der Waals surface area contributed by atoms with Gasteiger partial charge in [0.2, 0.25) is 0 Å². The van der Waals surface area contributed by atoms with Crippen LogP contribution in [0.25, 0.3) is 0 Å². The third-order valence-electron chi connectivity index (χ3n) is 9.05. The molecular formula is C46H79O12P. The normalized spacial score (nSPS) is 15.6. The zero-order valence-corrected chi connectivity index (χ0v) is 37.1. The Morgan fingerprint density at radius 1 is 0.559 bits per heavy atom. The number of hydrogen-bond donors (Lipinski definition) is 5. The van der Waals surface area contributed by atoms with Crippen molar-refractivity contribution in [1.29, 1.82) is 0 Å². The van der Waals surface area contributed by atoms with Crippen LogP contribution in [0.3, 0.4) is 0 Å². The molecular weight excluding hydrogens is 775 g/mol. The first-order valence-electron chi connectivity index (χ1n) is 22.1. The van der Waals surface area contributed by atoms with E-state index in [2.05, 4.69) is 73.1 Å². The fraction of sp³-hybridized carbons (Fsp3) is 0.696. The molecule has 0 aliphatic carbocycles. The summed E-state index contributed by atoms with van der Waals surface area (Å²) in [6, 6.07) is 0. The smallest absolute Gasteiger partial charge is 0.462 e. The minimum atomic E-state index is -4.68. The van der Waals surface area contributed by atoms with Gasteiger partial charge in [0.25, 0.3) is 0 Å². The van der Waals surface area contributed by atoms with Crippen LogP contribution in [0.1, 0.15) is 155 Å². The Hall–Kier alpha value is -2.67. The molecule has 0 aromatic carbocycles. The van der Waals surface area contributed by atoms with E-state index >= 15 is 0 Å². The Morgan fingerprint density at radius 3 is 1.64 bits per heavy atom. The number of aliphatic hydroxyl groups is 4. The van der Waals surface area contributed by atoms with E-state index in [9.17, 15) is 34.4 Å². The van der Waals surface area contributed by atoms with E-state index in [1.165, 1.54) is 25.7 Å². The first-order valence-corrected chi connectivity index (χ1v) is 23.6. The lowest BCUT2D eigenvalue weighted by atomic mass is 10.0. The monoisotopic (exact) mass is 855 g/mol. The van der Waals surface area contributed by atoms with Gasteiger partial charge in [-0.05, 0) is 77.0 Å². The third kappa shape index (κ3) is 39.2. The number of unbranched alkanes of at least 4 members (excludes halogenated alkanes) is 10. The number of carbonyl (C=O) groups excluding carboxylic acids is 2. The van der Waals surface area contributed by atoms with E-state index in [0.717, 1.165) is 77.0 Å². The SMILES string of the molecule is CCCCC/C=C\C/C=C\C/C=C\C/C=C\C/C=C\CCC(=O)OC[C@H](COP(=O)(O)OC[C@@H](O)CO)OC(=O)CCCCCCC[C@H](O)[C@@H](O)C/C=C\CCCCC. The van der Waals surface area contributed by atoms with E-state index in [1.807, 2.05) is 18.2 Å². The van der Waals surface area contributed by atoms with Gasteiger partial charge >= 0.3 is 19.8 Å². The molecule has 0 aliphatic heterocycles. The molecule has 0 aromatic rings. The molecule has 0 bridgehead atoms. The quantitative estimate of drug-likeness (QED) is 0.0170. The molecule has 0 rings (SSSR count). The highest BCUT2D eigenvalue weighted by Gasteiger charge is 2.27. The van der Waals surface area contributed by atoms with Crippen molar-refractivity contribution < 1.29 is 58.0 Å². The molecule has 13 heteroatoms. The van der Waals surface area contributed by atoms with Crippen molar-refractivity contribution in [2.75, 3.05) is 26.4 Å². The highest BCUT2D eigenvalue weighted by molar-refractivity contribution is 7.47. The molecule has 0 spiro atoms. The molecule has 5 atom stereocenters. The topological polar surface area (TPSA) is 189 Å². The molecule has 12 nitrogen and oxygen atoms in total. The van der Waals surface area contributed by atoms with Crippen LogP contribution in [0.5, 0.6) is 0 Å². The van der Waals surface area contributed by atoms with Gasteiger partial charge in [-0.2, -0.15) is 0 Å².